The third-order valence-corrected chi connectivity index (χ3v) is 5.65. The minimum atomic E-state index is 0. The van der Waals surface area contributed by atoms with E-state index in [4.69, 9.17) is 9.73 Å². The van der Waals surface area contributed by atoms with Gasteiger partial charge >= 0.3 is 0 Å². The van der Waals surface area contributed by atoms with Crippen LogP contribution in [0.1, 0.15) is 50.7 Å². The van der Waals surface area contributed by atoms with Gasteiger partial charge in [-0.2, -0.15) is 0 Å². The van der Waals surface area contributed by atoms with Crippen molar-refractivity contribution in [1.82, 2.24) is 15.5 Å². The van der Waals surface area contributed by atoms with Gasteiger partial charge in [-0.15, -0.1) is 24.0 Å². The van der Waals surface area contributed by atoms with E-state index in [1.807, 2.05) is 0 Å². The molecule has 0 radical (unpaired) electrons. The van der Waals surface area contributed by atoms with Crippen LogP contribution in [0.5, 0.6) is 0 Å². The lowest BCUT2D eigenvalue weighted by Gasteiger charge is -2.28. The van der Waals surface area contributed by atoms with Crippen molar-refractivity contribution in [1.29, 1.82) is 0 Å². The number of hydrogen-bond acceptors (Lipinski definition) is 3. The Labute approximate surface area is 187 Å². The Morgan fingerprint density at radius 2 is 1.71 bits per heavy atom. The van der Waals surface area contributed by atoms with Gasteiger partial charge in [0.2, 0.25) is 0 Å². The molecule has 0 unspecified atom stereocenters. The number of nitrogens with zero attached hydrogens (tertiary/aromatic N) is 2. The molecule has 2 N–H and O–H groups in total. The molecule has 2 aliphatic rings. The van der Waals surface area contributed by atoms with E-state index in [9.17, 15) is 0 Å². The highest BCUT2D eigenvalue weighted by atomic mass is 127. The molecule has 2 fully saturated rings. The topological polar surface area (TPSA) is 48.9 Å². The van der Waals surface area contributed by atoms with E-state index in [-0.39, 0.29) is 24.0 Å². The molecule has 0 spiro atoms. The fraction of sp³-hybridized carbons (Fsp3) is 0.682. The summed E-state index contributed by atoms with van der Waals surface area (Å²) in [7, 11) is 0. The average molecular weight is 500 g/mol. The first kappa shape index (κ1) is 23.4. The zero-order chi connectivity index (χ0) is 18.9. The molecule has 1 aromatic carbocycles. The Morgan fingerprint density at radius 3 is 2.36 bits per heavy atom. The highest BCUT2D eigenvalue weighted by Gasteiger charge is 2.18. The largest absolute Gasteiger partial charge is 0.379 e. The summed E-state index contributed by atoms with van der Waals surface area (Å²) in [5.41, 5.74) is 2.63. The minimum Gasteiger partial charge on any atom is -0.379 e. The summed E-state index contributed by atoms with van der Waals surface area (Å²) >= 11 is 0. The molecule has 6 heteroatoms. The predicted octanol–water partition coefficient (Wildman–Crippen LogP) is 3.77. The van der Waals surface area contributed by atoms with Crippen LogP contribution in [0.2, 0.25) is 0 Å². The lowest BCUT2D eigenvalue weighted by atomic mass is 9.87. The molecule has 1 aromatic rings. The van der Waals surface area contributed by atoms with Crippen LogP contribution in [0.15, 0.2) is 29.3 Å². The van der Waals surface area contributed by atoms with Crippen molar-refractivity contribution in [2.24, 2.45) is 10.9 Å². The molecule has 158 valence electrons. The second-order valence-electron chi connectivity index (χ2n) is 8.00. The molecule has 0 atom stereocenters. The van der Waals surface area contributed by atoms with Crippen LogP contribution in [0.25, 0.3) is 0 Å². The third kappa shape index (κ3) is 7.87. The maximum Gasteiger partial charge on any atom is 0.191 e. The molecule has 1 saturated carbocycles. The van der Waals surface area contributed by atoms with Crippen LogP contribution in [-0.2, 0) is 17.8 Å². The molecule has 1 aliphatic carbocycles. The zero-order valence-electron chi connectivity index (χ0n) is 17.5. The third-order valence-electron chi connectivity index (χ3n) is 5.65. The molecule has 1 aliphatic heterocycles. The molecular formula is C22H37IN4O. The van der Waals surface area contributed by atoms with E-state index in [0.717, 1.165) is 57.8 Å². The lowest BCUT2D eigenvalue weighted by molar-refractivity contribution is 0.0342. The second-order valence-corrected chi connectivity index (χ2v) is 8.00. The SMILES string of the molecule is CCNC(=NCc1ccc(CN2CCOCC2)cc1)NC1CCC(C)CC1.I. The van der Waals surface area contributed by atoms with Gasteiger partial charge in [0.05, 0.1) is 19.8 Å². The van der Waals surface area contributed by atoms with E-state index in [1.165, 1.54) is 36.8 Å². The summed E-state index contributed by atoms with van der Waals surface area (Å²) in [6.07, 6.45) is 5.15. The van der Waals surface area contributed by atoms with Crippen molar-refractivity contribution in [3.63, 3.8) is 0 Å². The van der Waals surface area contributed by atoms with Gasteiger partial charge in [0.1, 0.15) is 0 Å². The van der Waals surface area contributed by atoms with Crippen molar-refractivity contribution in [3.8, 4) is 0 Å². The number of morpholine rings is 1. The number of guanidine groups is 1. The van der Waals surface area contributed by atoms with Gasteiger partial charge < -0.3 is 15.4 Å². The smallest absolute Gasteiger partial charge is 0.191 e. The molecular weight excluding hydrogens is 463 g/mol. The molecule has 0 amide bonds. The van der Waals surface area contributed by atoms with Crippen molar-refractivity contribution >= 4 is 29.9 Å². The lowest BCUT2D eigenvalue weighted by Crippen LogP contribution is -2.44. The molecule has 1 heterocycles. The number of hydrogen-bond donors (Lipinski definition) is 2. The normalized spacial score (nSPS) is 23.7. The second kappa shape index (κ2) is 12.6. The maximum atomic E-state index is 5.42. The number of rotatable bonds is 6. The predicted molar refractivity (Wildman–Crippen MR) is 127 cm³/mol. The molecule has 28 heavy (non-hydrogen) atoms. The van der Waals surface area contributed by atoms with Crippen molar-refractivity contribution < 1.29 is 4.74 Å². The van der Waals surface area contributed by atoms with Gasteiger partial charge in [0, 0.05) is 32.2 Å². The van der Waals surface area contributed by atoms with Gasteiger partial charge in [0.25, 0.3) is 0 Å². The number of benzene rings is 1. The fourth-order valence-electron chi connectivity index (χ4n) is 3.86. The van der Waals surface area contributed by atoms with Gasteiger partial charge in [-0.25, -0.2) is 4.99 Å². The summed E-state index contributed by atoms with van der Waals surface area (Å²) in [6.45, 7) is 10.9. The zero-order valence-corrected chi connectivity index (χ0v) is 19.8. The monoisotopic (exact) mass is 500 g/mol. The summed E-state index contributed by atoms with van der Waals surface area (Å²) < 4.78 is 5.42. The molecule has 0 aromatic heterocycles. The van der Waals surface area contributed by atoms with E-state index in [2.05, 4.69) is 53.6 Å². The van der Waals surface area contributed by atoms with E-state index >= 15 is 0 Å². The Hall–Kier alpha value is -0.860. The minimum absolute atomic E-state index is 0. The van der Waals surface area contributed by atoms with Crippen LogP contribution >= 0.6 is 24.0 Å². The Bertz CT molecular complexity index is 579. The number of halogens is 1. The summed E-state index contributed by atoms with van der Waals surface area (Å²) in [6, 6.07) is 9.47. The highest BCUT2D eigenvalue weighted by Crippen LogP contribution is 2.23. The number of ether oxygens (including phenoxy) is 1. The standard InChI is InChI=1S/C22H36N4O.HI/c1-3-23-22(25-21-10-4-18(2)5-11-21)24-16-19-6-8-20(9-7-19)17-26-12-14-27-15-13-26;/h6-9,18,21H,3-5,10-17H2,1-2H3,(H2,23,24,25);1H. The van der Waals surface area contributed by atoms with E-state index < -0.39 is 0 Å². The van der Waals surface area contributed by atoms with E-state index in [0.29, 0.717) is 6.04 Å². The summed E-state index contributed by atoms with van der Waals surface area (Å²) in [4.78, 5) is 7.26. The van der Waals surface area contributed by atoms with Gasteiger partial charge in [-0.05, 0) is 49.7 Å². The highest BCUT2D eigenvalue weighted by molar-refractivity contribution is 14.0. The first-order valence-electron chi connectivity index (χ1n) is 10.7. The quantitative estimate of drug-likeness (QED) is 0.355. The number of nitrogens with one attached hydrogen (secondary N) is 2. The summed E-state index contributed by atoms with van der Waals surface area (Å²) in [5.74, 6) is 1.83. The molecule has 0 bridgehead atoms. The maximum absolute atomic E-state index is 5.42. The van der Waals surface area contributed by atoms with Crippen LogP contribution in [0, 0.1) is 5.92 Å². The first-order chi connectivity index (χ1) is 13.2. The van der Waals surface area contributed by atoms with Gasteiger partial charge in [-0.1, -0.05) is 31.2 Å². The average Bonchev–Trinajstić information content (AvgIpc) is 2.70. The summed E-state index contributed by atoms with van der Waals surface area (Å²) in [5, 5.41) is 7.03. The number of aliphatic imine (C=N–C) groups is 1. The van der Waals surface area contributed by atoms with Crippen molar-refractivity contribution in [3.05, 3.63) is 35.4 Å². The van der Waals surface area contributed by atoms with Crippen LogP contribution in [-0.4, -0.2) is 49.7 Å². The fourth-order valence-corrected chi connectivity index (χ4v) is 3.86. The van der Waals surface area contributed by atoms with Gasteiger partial charge in [0.15, 0.2) is 5.96 Å². The molecule has 3 rings (SSSR count). The van der Waals surface area contributed by atoms with Crippen LogP contribution in [0.3, 0.4) is 0 Å². The van der Waals surface area contributed by atoms with Gasteiger partial charge in [-0.3, -0.25) is 4.90 Å². The molecule has 1 saturated heterocycles. The van der Waals surface area contributed by atoms with Crippen LogP contribution in [0.4, 0.5) is 0 Å². The Kier molecular flexibility index (Phi) is 10.6. The first-order valence-corrected chi connectivity index (χ1v) is 10.7. The van der Waals surface area contributed by atoms with Crippen molar-refractivity contribution in [2.75, 3.05) is 32.8 Å². The van der Waals surface area contributed by atoms with E-state index in [1.54, 1.807) is 0 Å². The van der Waals surface area contributed by atoms with Crippen LogP contribution < -0.4 is 10.6 Å². The Balaban J connectivity index is 0.00000280. The Morgan fingerprint density at radius 1 is 1.07 bits per heavy atom. The molecule has 5 nitrogen and oxygen atoms in total. The van der Waals surface area contributed by atoms with Crippen molar-refractivity contribution in [2.45, 2.75) is 58.7 Å².